The summed E-state index contributed by atoms with van der Waals surface area (Å²) in [7, 11) is 0. The third kappa shape index (κ3) is 4.81. The summed E-state index contributed by atoms with van der Waals surface area (Å²) in [4.78, 5) is 9.57. The topological polar surface area (TPSA) is 24.7 Å². The van der Waals surface area contributed by atoms with E-state index in [1.807, 2.05) is 12.4 Å². The molecule has 1 aliphatic rings. The van der Waals surface area contributed by atoms with Crippen LogP contribution in [0.15, 0.2) is 94.9 Å². The van der Waals surface area contributed by atoms with E-state index in [1.165, 1.54) is 42.3 Å². The third-order valence-corrected chi connectivity index (χ3v) is 9.24. The van der Waals surface area contributed by atoms with Crippen LogP contribution in [0.2, 0.25) is 11.6 Å². The fourth-order valence-corrected chi connectivity index (χ4v) is 6.57. The van der Waals surface area contributed by atoms with Crippen LogP contribution >= 0.6 is 0 Å². The van der Waals surface area contributed by atoms with Gasteiger partial charge in [0, 0.05) is 0 Å². The van der Waals surface area contributed by atoms with Crippen LogP contribution in [0, 0.1) is 0 Å². The zero-order chi connectivity index (χ0) is 22.6. The number of aliphatic imine (C=N–C) groups is 2. The van der Waals surface area contributed by atoms with Crippen LogP contribution in [0.1, 0.15) is 22.3 Å². The van der Waals surface area contributed by atoms with Gasteiger partial charge in [0.2, 0.25) is 0 Å². The SMILES string of the molecule is C[Se]c1ccccc1C=Nc1ccc2c(c1)Cc1cc(N=Cc3ccccc3[Se]C)ccc1-2. The van der Waals surface area contributed by atoms with Crippen molar-refractivity contribution >= 4 is 62.6 Å². The van der Waals surface area contributed by atoms with Crippen LogP contribution in [-0.4, -0.2) is 42.3 Å². The molecule has 1 aliphatic carbocycles. The summed E-state index contributed by atoms with van der Waals surface area (Å²) >= 11 is 0.920. The predicted octanol–water partition coefficient (Wildman–Crippen LogP) is 5.51. The van der Waals surface area contributed by atoms with E-state index in [4.69, 9.17) is 9.98 Å². The molecule has 2 nitrogen and oxygen atoms in total. The van der Waals surface area contributed by atoms with Crippen LogP contribution < -0.4 is 8.92 Å². The molecule has 0 radical (unpaired) electrons. The van der Waals surface area contributed by atoms with Crippen molar-refractivity contribution in [1.82, 2.24) is 0 Å². The van der Waals surface area contributed by atoms with E-state index in [1.54, 1.807) is 0 Å². The molecule has 0 saturated heterocycles. The maximum absolute atomic E-state index is 4.79. The van der Waals surface area contributed by atoms with Crippen LogP contribution in [0.4, 0.5) is 11.4 Å². The third-order valence-electron chi connectivity index (χ3n) is 5.83. The van der Waals surface area contributed by atoms with Crippen molar-refractivity contribution in [2.45, 2.75) is 18.1 Å². The summed E-state index contributed by atoms with van der Waals surface area (Å²) in [6.07, 6.45) is 4.94. The molecule has 0 spiro atoms. The van der Waals surface area contributed by atoms with Gasteiger partial charge in [-0.3, -0.25) is 0 Å². The van der Waals surface area contributed by atoms with Crippen molar-refractivity contribution in [2.75, 3.05) is 0 Å². The first-order valence-electron chi connectivity index (χ1n) is 10.9. The first kappa shape index (κ1) is 22.1. The van der Waals surface area contributed by atoms with Crippen molar-refractivity contribution in [3.63, 3.8) is 0 Å². The Morgan fingerprint density at radius 3 is 1.52 bits per heavy atom. The van der Waals surface area contributed by atoms with Crippen LogP contribution in [-0.2, 0) is 6.42 Å². The van der Waals surface area contributed by atoms with Crippen LogP contribution in [0.3, 0.4) is 0 Å². The second kappa shape index (κ2) is 10.0. The number of fused-ring (bicyclic) bond motifs is 3. The summed E-state index contributed by atoms with van der Waals surface area (Å²) in [5.74, 6) is 4.49. The average molecular weight is 558 g/mol. The Balaban J connectivity index is 1.37. The van der Waals surface area contributed by atoms with Crippen LogP contribution in [0.5, 0.6) is 0 Å². The van der Waals surface area contributed by atoms with E-state index in [9.17, 15) is 0 Å². The minimum absolute atomic E-state index is 0.460. The van der Waals surface area contributed by atoms with E-state index in [0.29, 0.717) is 29.9 Å². The van der Waals surface area contributed by atoms with Crippen molar-refractivity contribution in [2.24, 2.45) is 9.98 Å². The van der Waals surface area contributed by atoms with Gasteiger partial charge in [0.15, 0.2) is 0 Å². The molecule has 0 unspecified atom stereocenters. The molecular formula is C29H24N2Se2. The van der Waals surface area contributed by atoms with Gasteiger partial charge in [0.25, 0.3) is 0 Å². The molecule has 5 rings (SSSR count). The number of hydrogen-bond acceptors (Lipinski definition) is 2. The van der Waals surface area contributed by atoms with Gasteiger partial charge in [-0.1, -0.05) is 0 Å². The number of nitrogens with zero attached hydrogens (tertiary/aromatic N) is 2. The van der Waals surface area contributed by atoms with Crippen molar-refractivity contribution in [3.8, 4) is 11.1 Å². The Kier molecular flexibility index (Phi) is 6.71. The standard InChI is InChI=1S/C29H24N2Se2/c1-32-28-9-5-3-7-20(28)18-30-24-11-13-26-22(16-24)15-23-17-25(12-14-27(23)26)31-19-21-8-4-6-10-29(21)33-2/h3-14,16-19H,15H2,1-2H3. The van der Waals surface area contributed by atoms with Gasteiger partial charge in [-0.2, -0.15) is 0 Å². The summed E-state index contributed by atoms with van der Waals surface area (Å²) < 4.78 is 2.77. The molecular weight excluding hydrogens is 534 g/mol. The van der Waals surface area contributed by atoms with E-state index in [-0.39, 0.29) is 0 Å². The van der Waals surface area contributed by atoms with Crippen LogP contribution in [0.25, 0.3) is 11.1 Å². The molecule has 162 valence electrons. The zero-order valence-corrected chi connectivity index (χ0v) is 22.1. The molecule has 0 saturated carbocycles. The first-order valence-corrected chi connectivity index (χ1v) is 16.0. The molecule has 0 N–H and O–H groups in total. The van der Waals surface area contributed by atoms with Gasteiger partial charge in [-0.05, 0) is 0 Å². The summed E-state index contributed by atoms with van der Waals surface area (Å²) in [6, 6.07) is 30.2. The van der Waals surface area contributed by atoms with Crippen molar-refractivity contribution in [1.29, 1.82) is 0 Å². The van der Waals surface area contributed by atoms with Gasteiger partial charge in [-0.15, -0.1) is 0 Å². The quantitative estimate of drug-likeness (QED) is 0.194. The predicted molar refractivity (Wildman–Crippen MR) is 145 cm³/mol. The van der Waals surface area contributed by atoms with Gasteiger partial charge in [-0.25, -0.2) is 0 Å². The van der Waals surface area contributed by atoms with E-state index in [2.05, 4.69) is 96.6 Å². The number of hydrogen-bond donors (Lipinski definition) is 0. The first-order chi connectivity index (χ1) is 16.2. The molecule has 0 bridgehead atoms. The monoisotopic (exact) mass is 560 g/mol. The molecule has 4 aromatic rings. The van der Waals surface area contributed by atoms with Gasteiger partial charge >= 0.3 is 209 Å². The molecule has 33 heavy (non-hydrogen) atoms. The van der Waals surface area contributed by atoms with E-state index < -0.39 is 0 Å². The minimum atomic E-state index is 0.460. The van der Waals surface area contributed by atoms with Gasteiger partial charge in [0.05, 0.1) is 0 Å². The van der Waals surface area contributed by atoms with Crippen molar-refractivity contribution in [3.05, 3.63) is 107 Å². The molecule has 0 heterocycles. The molecule has 0 fully saturated rings. The van der Waals surface area contributed by atoms with E-state index >= 15 is 0 Å². The average Bonchev–Trinajstić information content (AvgIpc) is 3.23. The van der Waals surface area contributed by atoms with Gasteiger partial charge < -0.3 is 0 Å². The van der Waals surface area contributed by atoms with Gasteiger partial charge in [0.1, 0.15) is 0 Å². The molecule has 0 atom stereocenters. The Morgan fingerprint density at radius 1 is 0.606 bits per heavy atom. The fourth-order valence-electron chi connectivity index (χ4n) is 4.18. The summed E-state index contributed by atoms with van der Waals surface area (Å²) in [6.45, 7) is 0. The zero-order valence-electron chi connectivity index (χ0n) is 18.7. The number of benzene rings is 4. The normalized spacial score (nSPS) is 12.4. The Labute approximate surface area is 208 Å². The second-order valence-electron chi connectivity index (χ2n) is 7.86. The second-order valence-corrected chi connectivity index (χ2v) is 11.4. The van der Waals surface area contributed by atoms with E-state index in [0.717, 1.165) is 17.8 Å². The maximum atomic E-state index is 4.79. The Bertz CT molecular complexity index is 1270. The molecule has 4 aromatic carbocycles. The molecule has 0 aliphatic heterocycles. The molecule has 0 amide bonds. The molecule has 4 heteroatoms. The molecule has 0 aromatic heterocycles. The summed E-state index contributed by atoms with van der Waals surface area (Å²) in [5.41, 5.74) is 9.77. The Morgan fingerprint density at radius 2 is 1.06 bits per heavy atom. The fraction of sp³-hybridized carbons (Fsp3) is 0.103. The number of rotatable bonds is 6. The Hall–Kier alpha value is -2.74. The summed E-state index contributed by atoms with van der Waals surface area (Å²) in [5, 5.41) is 0. The van der Waals surface area contributed by atoms with Crippen molar-refractivity contribution < 1.29 is 0 Å².